The van der Waals surface area contributed by atoms with Crippen LogP contribution in [0.15, 0.2) is 24.4 Å². The SMILES string of the molecule is CC(NS(C)(=O)=O)C(=O)N1CCCN(Cc2ccccn2)CC1. The Morgan fingerprint density at radius 3 is 2.74 bits per heavy atom. The number of nitrogens with zero attached hydrogens (tertiary/aromatic N) is 3. The summed E-state index contributed by atoms with van der Waals surface area (Å²) in [6.07, 6.45) is 3.71. The van der Waals surface area contributed by atoms with E-state index < -0.39 is 16.1 Å². The van der Waals surface area contributed by atoms with Crippen LogP contribution in [0.25, 0.3) is 0 Å². The van der Waals surface area contributed by atoms with E-state index in [0.29, 0.717) is 13.1 Å². The molecule has 1 aromatic rings. The predicted molar refractivity (Wildman–Crippen MR) is 88.2 cm³/mol. The molecule has 1 amide bonds. The van der Waals surface area contributed by atoms with E-state index in [1.807, 2.05) is 18.2 Å². The van der Waals surface area contributed by atoms with Gasteiger partial charge in [0.15, 0.2) is 0 Å². The Bertz CT molecular complexity index is 621. The number of pyridine rings is 1. The molecule has 7 nitrogen and oxygen atoms in total. The summed E-state index contributed by atoms with van der Waals surface area (Å²) in [4.78, 5) is 20.7. The average Bonchev–Trinajstić information content (AvgIpc) is 2.71. The first-order valence-corrected chi connectivity index (χ1v) is 9.62. The summed E-state index contributed by atoms with van der Waals surface area (Å²) in [5.41, 5.74) is 1.01. The summed E-state index contributed by atoms with van der Waals surface area (Å²) >= 11 is 0. The zero-order valence-electron chi connectivity index (χ0n) is 13.6. The normalized spacial score (nSPS) is 18.4. The highest BCUT2D eigenvalue weighted by Crippen LogP contribution is 2.08. The van der Waals surface area contributed by atoms with E-state index in [1.165, 1.54) is 0 Å². The minimum Gasteiger partial charge on any atom is -0.340 e. The third-order valence-electron chi connectivity index (χ3n) is 3.77. The molecule has 1 unspecified atom stereocenters. The Morgan fingerprint density at radius 2 is 2.09 bits per heavy atom. The molecule has 1 saturated heterocycles. The molecule has 128 valence electrons. The highest BCUT2D eigenvalue weighted by Gasteiger charge is 2.25. The second-order valence-corrected chi connectivity index (χ2v) is 7.67. The minimum absolute atomic E-state index is 0.171. The van der Waals surface area contributed by atoms with Gasteiger partial charge in [-0.3, -0.25) is 14.7 Å². The van der Waals surface area contributed by atoms with E-state index in [9.17, 15) is 13.2 Å². The Morgan fingerprint density at radius 1 is 1.30 bits per heavy atom. The van der Waals surface area contributed by atoms with Crippen molar-refractivity contribution in [1.29, 1.82) is 0 Å². The zero-order valence-corrected chi connectivity index (χ0v) is 14.4. The van der Waals surface area contributed by atoms with Gasteiger partial charge in [0, 0.05) is 38.9 Å². The van der Waals surface area contributed by atoms with E-state index in [1.54, 1.807) is 18.0 Å². The van der Waals surface area contributed by atoms with Crippen molar-refractivity contribution in [2.75, 3.05) is 32.4 Å². The molecule has 1 aliphatic rings. The van der Waals surface area contributed by atoms with Crippen LogP contribution in [0.3, 0.4) is 0 Å². The standard InChI is InChI=1S/C15H24N4O3S/c1-13(17-23(2,21)22)15(20)19-9-5-8-18(10-11-19)12-14-6-3-4-7-16-14/h3-4,6-7,13,17H,5,8-12H2,1-2H3. The van der Waals surface area contributed by atoms with Crippen LogP contribution in [-0.2, 0) is 21.4 Å². The van der Waals surface area contributed by atoms with Crippen LogP contribution >= 0.6 is 0 Å². The summed E-state index contributed by atoms with van der Waals surface area (Å²) < 4.78 is 24.9. The van der Waals surface area contributed by atoms with Crippen molar-refractivity contribution in [3.8, 4) is 0 Å². The Kier molecular flexibility index (Phi) is 6.09. The predicted octanol–water partition coefficient (Wildman–Crippen LogP) is 0.0536. The summed E-state index contributed by atoms with van der Waals surface area (Å²) in [5.74, 6) is -0.171. The number of hydrogen-bond acceptors (Lipinski definition) is 5. The summed E-state index contributed by atoms with van der Waals surface area (Å²) in [6, 6.07) is 5.12. The summed E-state index contributed by atoms with van der Waals surface area (Å²) in [7, 11) is -3.38. The smallest absolute Gasteiger partial charge is 0.240 e. The molecule has 0 aliphatic carbocycles. The van der Waals surface area contributed by atoms with Gasteiger partial charge < -0.3 is 4.90 Å². The number of amides is 1. The molecule has 1 atom stereocenters. The van der Waals surface area contributed by atoms with E-state index in [-0.39, 0.29) is 5.91 Å². The van der Waals surface area contributed by atoms with Gasteiger partial charge in [0.05, 0.1) is 18.0 Å². The molecule has 0 bridgehead atoms. The van der Waals surface area contributed by atoms with Gasteiger partial charge in [0.2, 0.25) is 15.9 Å². The molecule has 1 aliphatic heterocycles. The molecule has 1 fully saturated rings. The van der Waals surface area contributed by atoms with Crippen LogP contribution in [0.4, 0.5) is 0 Å². The fourth-order valence-corrected chi connectivity index (χ4v) is 3.46. The Labute approximate surface area is 137 Å². The monoisotopic (exact) mass is 340 g/mol. The zero-order chi connectivity index (χ0) is 16.9. The highest BCUT2D eigenvalue weighted by molar-refractivity contribution is 7.88. The molecule has 23 heavy (non-hydrogen) atoms. The van der Waals surface area contributed by atoms with Gasteiger partial charge >= 0.3 is 0 Å². The summed E-state index contributed by atoms with van der Waals surface area (Å²) in [6.45, 7) is 5.25. The lowest BCUT2D eigenvalue weighted by atomic mass is 10.3. The fourth-order valence-electron chi connectivity index (χ4n) is 2.72. The number of carbonyl (C=O) groups is 1. The maximum absolute atomic E-state index is 12.4. The number of rotatable bonds is 5. The molecule has 0 spiro atoms. The molecular weight excluding hydrogens is 316 g/mol. The second-order valence-electron chi connectivity index (χ2n) is 5.89. The van der Waals surface area contributed by atoms with Gasteiger partial charge in [-0.15, -0.1) is 0 Å². The molecule has 0 saturated carbocycles. The van der Waals surface area contributed by atoms with Gasteiger partial charge in [0.1, 0.15) is 0 Å². The van der Waals surface area contributed by atoms with Crippen LogP contribution in [0.5, 0.6) is 0 Å². The van der Waals surface area contributed by atoms with Crippen molar-refractivity contribution in [2.45, 2.75) is 25.9 Å². The maximum Gasteiger partial charge on any atom is 0.240 e. The van der Waals surface area contributed by atoms with E-state index in [0.717, 1.165) is 38.0 Å². The van der Waals surface area contributed by atoms with Crippen molar-refractivity contribution < 1.29 is 13.2 Å². The molecule has 1 N–H and O–H groups in total. The van der Waals surface area contributed by atoms with Gasteiger partial charge in [-0.25, -0.2) is 13.1 Å². The Hall–Kier alpha value is -1.51. The van der Waals surface area contributed by atoms with Gasteiger partial charge in [-0.1, -0.05) is 6.07 Å². The van der Waals surface area contributed by atoms with E-state index in [2.05, 4.69) is 14.6 Å². The lowest BCUT2D eigenvalue weighted by molar-refractivity contribution is -0.132. The van der Waals surface area contributed by atoms with Crippen LogP contribution in [0.2, 0.25) is 0 Å². The first-order chi connectivity index (χ1) is 10.8. The Balaban J connectivity index is 1.89. The number of carbonyl (C=O) groups excluding carboxylic acids is 1. The quantitative estimate of drug-likeness (QED) is 0.819. The topological polar surface area (TPSA) is 82.6 Å². The minimum atomic E-state index is -3.38. The number of sulfonamides is 1. The second kappa shape index (κ2) is 7.85. The first kappa shape index (κ1) is 17.8. The number of aromatic nitrogens is 1. The van der Waals surface area contributed by atoms with Crippen molar-refractivity contribution in [1.82, 2.24) is 19.5 Å². The van der Waals surface area contributed by atoms with Crippen LogP contribution in [0, 0.1) is 0 Å². The van der Waals surface area contributed by atoms with Crippen molar-refractivity contribution in [3.05, 3.63) is 30.1 Å². The number of hydrogen-bond donors (Lipinski definition) is 1. The third-order valence-corrected chi connectivity index (χ3v) is 4.55. The van der Waals surface area contributed by atoms with Crippen molar-refractivity contribution in [2.24, 2.45) is 0 Å². The van der Waals surface area contributed by atoms with Gasteiger partial charge in [0.25, 0.3) is 0 Å². The van der Waals surface area contributed by atoms with Crippen LogP contribution < -0.4 is 4.72 Å². The van der Waals surface area contributed by atoms with Crippen LogP contribution in [-0.4, -0.2) is 67.6 Å². The molecular formula is C15H24N4O3S. The van der Waals surface area contributed by atoms with E-state index in [4.69, 9.17) is 0 Å². The average molecular weight is 340 g/mol. The first-order valence-electron chi connectivity index (χ1n) is 7.73. The van der Waals surface area contributed by atoms with Gasteiger partial charge in [-0.2, -0.15) is 0 Å². The molecule has 0 radical (unpaired) electrons. The lowest BCUT2D eigenvalue weighted by Gasteiger charge is -2.24. The number of nitrogens with one attached hydrogen (secondary N) is 1. The molecule has 0 aromatic carbocycles. The lowest BCUT2D eigenvalue weighted by Crippen LogP contribution is -2.47. The molecule has 2 heterocycles. The largest absolute Gasteiger partial charge is 0.340 e. The third kappa shape index (κ3) is 5.89. The highest BCUT2D eigenvalue weighted by atomic mass is 32.2. The summed E-state index contributed by atoms with van der Waals surface area (Å²) in [5, 5.41) is 0. The maximum atomic E-state index is 12.4. The van der Waals surface area contributed by atoms with Gasteiger partial charge in [-0.05, 0) is 25.5 Å². The van der Waals surface area contributed by atoms with E-state index >= 15 is 0 Å². The molecule has 8 heteroatoms. The molecule has 1 aromatic heterocycles. The molecule has 2 rings (SSSR count). The van der Waals surface area contributed by atoms with Crippen molar-refractivity contribution >= 4 is 15.9 Å². The fraction of sp³-hybridized carbons (Fsp3) is 0.600. The van der Waals surface area contributed by atoms with Crippen LogP contribution in [0.1, 0.15) is 19.0 Å². The van der Waals surface area contributed by atoms with Crippen molar-refractivity contribution in [3.63, 3.8) is 0 Å².